The average molecular weight is 372 g/mol. The Morgan fingerprint density at radius 3 is 2.41 bits per heavy atom. The molecule has 2 radical (unpaired) electrons. The van der Waals surface area contributed by atoms with Gasteiger partial charge in [-0.15, -0.1) is 11.3 Å². The van der Waals surface area contributed by atoms with Gasteiger partial charge in [-0.2, -0.15) is 0 Å². The molecule has 134 valence electrons. The summed E-state index contributed by atoms with van der Waals surface area (Å²) in [5, 5.41) is 1.99. The molecule has 1 aromatic carbocycles. The first kappa shape index (κ1) is 20.7. The number of thiophene rings is 1. The van der Waals surface area contributed by atoms with E-state index >= 15 is 0 Å². The maximum absolute atomic E-state index is 14.6. The number of hydrogen-bond acceptors (Lipinski definition) is 1. The van der Waals surface area contributed by atoms with Gasteiger partial charge in [0.2, 0.25) is 0 Å². The average Bonchev–Trinajstić information content (AvgIpc) is 3.21. The highest BCUT2D eigenvalue weighted by molar-refractivity contribution is 7.13. The maximum Gasteiger partial charge on any atom is 0.131 e. The zero-order chi connectivity index (χ0) is 19.8. The van der Waals surface area contributed by atoms with Crippen LogP contribution in [0.4, 0.5) is 4.39 Å². The molecule has 27 heavy (non-hydrogen) atoms. The molecule has 1 aromatic heterocycles. The molecule has 0 atom stereocenters. The number of halogens is 1. The molecule has 0 aliphatic heterocycles. The summed E-state index contributed by atoms with van der Waals surface area (Å²) in [6.07, 6.45) is 10.9. The molecule has 0 saturated carbocycles. The summed E-state index contributed by atoms with van der Waals surface area (Å²) in [6, 6.07) is 9.32. The molecule has 0 spiro atoms. The number of allylic oxidation sites excluding steroid dienone is 10. The Morgan fingerprint density at radius 1 is 1.04 bits per heavy atom. The summed E-state index contributed by atoms with van der Waals surface area (Å²) >= 11 is 1.60. The van der Waals surface area contributed by atoms with E-state index in [0.717, 1.165) is 27.2 Å². The van der Waals surface area contributed by atoms with Crippen LogP contribution in [-0.4, -0.2) is 7.85 Å². The molecule has 0 aliphatic carbocycles. The second-order valence-corrected chi connectivity index (χ2v) is 7.02. The van der Waals surface area contributed by atoms with Crippen molar-refractivity contribution < 1.29 is 4.39 Å². The first-order chi connectivity index (χ1) is 13.0. The largest absolute Gasteiger partial charge is 0.206 e. The fourth-order valence-electron chi connectivity index (χ4n) is 2.48. The lowest BCUT2D eigenvalue weighted by atomic mass is 9.94. The Morgan fingerprint density at radius 2 is 1.81 bits per heavy atom. The van der Waals surface area contributed by atoms with Crippen molar-refractivity contribution in [2.75, 3.05) is 0 Å². The third kappa shape index (κ3) is 5.67. The molecule has 1 heterocycles. The smallest absolute Gasteiger partial charge is 0.131 e. The Kier molecular flexibility index (Phi) is 7.57. The van der Waals surface area contributed by atoms with Crippen LogP contribution in [0.3, 0.4) is 0 Å². The molecular formula is C24H22BFS. The van der Waals surface area contributed by atoms with E-state index in [1.54, 1.807) is 35.6 Å². The molecule has 0 unspecified atom stereocenters. The minimum absolute atomic E-state index is 0.225. The van der Waals surface area contributed by atoms with Gasteiger partial charge in [0.25, 0.3) is 0 Å². The summed E-state index contributed by atoms with van der Waals surface area (Å²) in [7, 11) is 5.73. The molecule has 0 fully saturated rings. The van der Waals surface area contributed by atoms with Crippen LogP contribution in [-0.2, 0) is 0 Å². The van der Waals surface area contributed by atoms with Crippen LogP contribution in [0, 0.1) is 5.82 Å². The normalized spacial score (nSPS) is 13.6. The molecule has 0 nitrogen and oxygen atoms in total. The van der Waals surface area contributed by atoms with E-state index in [2.05, 4.69) is 13.2 Å². The van der Waals surface area contributed by atoms with E-state index in [-0.39, 0.29) is 5.82 Å². The van der Waals surface area contributed by atoms with Crippen LogP contribution in [0.25, 0.3) is 16.0 Å². The molecule has 0 amide bonds. The van der Waals surface area contributed by atoms with Gasteiger partial charge in [-0.1, -0.05) is 73.3 Å². The maximum atomic E-state index is 14.6. The predicted molar refractivity (Wildman–Crippen MR) is 119 cm³/mol. The van der Waals surface area contributed by atoms with Crippen molar-refractivity contribution in [3.05, 3.63) is 113 Å². The van der Waals surface area contributed by atoms with E-state index in [9.17, 15) is 4.39 Å². The summed E-state index contributed by atoms with van der Waals surface area (Å²) in [4.78, 5) is 1.06. The third-order valence-electron chi connectivity index (χ3n) is 4.15. The molecule has 0 bridgehead atoms. The van der Waals surface area contributed by atoms with Gasteiger partial charge >= 0.3 is 0 Å². The summed E-state index contributed by atoms with van der Waals surface area (Å²) in [6.45, 7) is 11.3. The SMILES string of the molecule is [B]/C(C=C)=C/C=C(C)/C(C=C)=C/C=C(\C)c1ccc(-c2cccs2)cc1F. The van der Waals surface area contributed by atoms with Crippen molar-refractivity contribution in [1.29, 1.82) is 0 Å². The quantitative estimate of drug-likeness (QED) is 0.355. The van der Waals surface area contributed by atoms with Crippen molar-refractivity contribution in [1.82, 2.24) is 0 Å². The van der Waals surface area contributed by atoms with E-state index < -0.39 is 0 Å². The van der Waals surface area contributed by atoms with E-state index in [1.807, 2.05) is 61.7 Å². The Hall–Kier alpha value is -2.65. The van der Waals surface area contributed by atoms with Gasteiger partial charge in [0.05, 0.1) is 0 Å². The molecule has 2 rings (SSSR count). The highest BCUT2D eigenvalue weighted by atomic mass is 32.1. The lowest BCUT2D eigenvalue weighted by Crippen LogP contribution is -1.88. The van der Waals surface area contributed by atoms with Gasteiger partial charge in [-0.3, -0.25) is 0 Å². The molecule has 0 saturated heterocycles. The van der Waals surface area contributed by atoms with Gasteiger partial charge < -0.3 is 0 Å². The van der Waals surface area contributed by atoms with Gasteiger partial charge in [0.15, 0.2) is 0 Å². The zero-order valence-electron chi connectivity index (χ0n) is 15.7. The lowest BCUT2D eigenvalue weighted by molar-refractivity contribution is 0.624. The molecule has 0 aliphatic rings. The van der Waals surface area contributed by atoms with E-state index in [1.165, 1.54) is 0 Å². The minimum Gasteiger partial charge on any atom is -0.206 e. The minimum atomic E-state index is -0.225. The van der Waals surface area contributed by atoms with Crippen molar-refractivity contribution in [3.8, 4) is 10.4 Å². The standard InChI is InChI=1S/C24H22BFS/c1-5-19(17(3)10-13-21(25)6-2)11-9-18(4)22-14-12-20(16-23(22)26)24-8-7-15-27-24/h5-16H,1-2H2,3-4H3/b17-10+,18-9+,19-11+,21-13+. The Balaban J connectivity index is 2.28. The summed E-state index contributed by atoms with van der Waals surface area (Å²) in [5.74, 6) is -0.225. The van der Waals surface area contributed by atoms with Crippen LogP contribution in [0.15, 0.2) is 102 Å². The topological polar surface area (TPSA) is 0 Å². The first-order valence-corrected chi connectivity index (χ1v) is 9.46. The van der Waals surface area contributed by atoms with Crippen molar-refractivity contribution in [3.63, 3.8) is 0 Å². The van der Waals surface area contributed by atoms with Gasteiger partial charge in [-0.05, 0) is 53.6 Å². The Labute approximate surface area is 166 Å². The monoisotopic (exact) mass is 372 g/mol. The summed E-state index contributed by atoms with van der Waals surface area (Å²) < 4.78 is 14.6. The second kappa shape index (κ2) is 9.89. The highest BCUT2D eigenvalue weighted by Crippen LogP contribution is 2.28. The van der Waals surface area contributed by atoms with Crippen LogP contribution in [0.1, 0.15) is 19.4 Å². The first-order valence-electron chi connectivity index (χ1n) is 8.58. The molecular weight excluding hydrogens is 350 g/mol. The zero-order valence-corrected chi connectivity index (χ0v) is 16.5. The molecule has 3 heteroatoms. The Bertz CT molecular complexity index is 941. The van der Waals surface area contributed by atoms with Crippen LogP contribution in [0.5, 0.6) is 0 Å². The van der Waals surface area contributed by atoms with Crippen molar-refractivity contribution >= 4 is 24.8 Å². The second-order valence-electron chi connectivity index (χ2n) is 6.07. The van der Waals surface area contributed by atoms with Crippen LogP contribution < -0.4 is 0 Å². The summed E-state index contributed by atoms with van der Waals surface area (Å²) in [5.41, 5.74) is 4.88. The fourth-order valence-corrected chi connectivity index (χ4v) is 3.21. The highest BCUT2D eigenvalue weighted by Gasteiger charge is 2.07. The number of rotatable bonds is 7. The lowest BCUT2D eigenvalue weighted by Gasteiger charge is -2.06. The van der Waals surface area contributed by atoms with Gasteiger partial charge in [0.1, 0.15) is 13.7 Å². The fraction of sp³-hybridized carbons (Fsp3) is 0.0833. The van der Waals surface area contributed by atoms with Gasteiger partial charge in [-0.25, -0.2) is 4.39 Å². The van der Waals surface area contributed by atoms with E-state index in [0.29, 0.717) is 11.0 Å². The molecule has 0 N–H and O–H groups in total. The van der Waals surface area contributed by atoms with Crippen LogP contribution in [0.2, 0.25) is 0 Å². The van der Waals surface area contributed by atoms with Crippen molar-refractivity contribution in [2.45, 2.75) is 13.8 Å². The number of hydrogen-bond donors (Lipinski definition) is 0. The van der Waals surface area contributed by atoms with Crippen LogP contribution >= 0.6 is 11.3 Å². The van der Waals surface area contributed by atoms with Crippen molar-refractivity contribution in [2.24, 2.45) is 0 Å². The van der Waals surface area contributed by atoms with Gasteiger partial charge in [0, 0.05) is 10.4 Å². The molecule has 2 aromatic rings. The predicted octanol–water partition coefficient (Wildman–Crippen LogP) is 7.25. The number of benzene rings is 1. The van der Waals surface area contributed by atoms with E-state index in [4.69, 9.17) is 7.85 Å². The third-order valence-corrected chi connectivity index (χ3v) is 5.07.